The minimum atomic E-state index is -0.306. The SMILES string of the molecule is O=C(C=Cc1cccs1)Nc1nnc(-c2cccs2)o1. The second-order valence-electron chi connectivity index (χ2n) is 3.73. The second kappa shape index (κ2) is 5.81. The van der Waals surface area contributed by atoms with E-state index in [1.54, 1.807) is 17.4 Å². The molecule has 0 spiro atoms. The van der Waals surface area contributed by atoms with Crippen LogP contribution < -0.4 is 5.32 Å². The molecule has 0 radical (unpaired) electrons. The molecule has 3 rings (SSSR count). The molecule has 5 nitrogen and oxygen atoms in total. The number of nitrogens with one attached hydrogen (secondary N) is 1. The Bertz CT molecular complexity index is 715. The molecule has 1 N–H and O–H groups in total. The molecule has 0 aliphatic rings. The average molecular weight is 303 g/mol. The lowest BCUT2D eigenvalue weighted by atomic mass is 10.4. The van der Waals surface area contributed by atoms with E-state index in [2.05, 4.69) is 15.5 Å². The summed E-state index contributed by atoms with van der Waals surface area (Å²) in [5, 5.41) is 14.1. The molecular formula is C13H9N3O2S2. The van der Waals surface area contributed by atoms with Gasteiger partial charge in [0, 0.05) is 11.0 Å². The van der Waals surface area contributed by atoms with E-state index in [1.165, 1.54) is 17.4 Å². The molecule has 0 atom stereocenters. The van der Waals surface area contributed by atoms with Crippen molar-refractivity contribution in [3.8, 4) is 10.8 Å². The molecule has 3 aromatic rings. The third-order valence-corrected chi connectivity index (χ3v) is 4.02. The maximum Gasteiger partial charge on any atom is 0.322 e. The highest BCUT2D eigenvalue weighted by molar-refractivity contribution is 7.13. The van der Waals surface area contributed by atoms with Crippen LogP contribution in [-0.4, -0.2) is 16.1 Å². The van der Waals surface area contributed by atoms with Crippen LogP contribution in [0.3, 0.4) is 0 Å². The number of rotatable bonds is 4. The van der Waals surface area contributed by atoms with E-state index in [0.29, 0.717) is 5.89 Å². The molecule has 100 valence electrons. The molecule has 3 heterocycles. The average Bonchev–Trinajstić information content (AvgIpc) is 3.18. The second-order valence-corrected chi connectivity index (χ2v) is 5.65. The highest BCUT2D eigenvalue weighted by Gasteiger charge is 2.10. The van der Waals surface area contributed by atoms with Crippen molar-refractivity contribution >= 4 is 40.7 Å². The summed E-state index contributed by atoms with van der Waals surface area (Å²) >= 11 is 3.05. The molecule has 0 saturated carbocycles. The van der Waals surface area contributed by atoms with Crippen molar-refractivity contribution in [1.29, 1.82) is 0 Å². The van der Waals surface area contributed by atoms with E-state index in [0.717, 1.165) is 9.75 Å². The summed E-state index contributed by atoms with van der Waals surface area (Å²) in [4.78, 5) is 13.6. The summed E-state index contributed by atoms with van der Waals surface area (Å²) in [5.41, 5.74) is 0. The lowest BCUT2D eigenvalue weighted by molar-refractivity contribution is -0.112. The summed E-state index contributed by atoms with van der Waals surface area (Å²) in [6.07, 6.45) is 3.16. The van der Waals surface area contributed by atoms with E-state index < -0.39 is 0 Å². The van der Waals surface area contributed by atoms with Crippen molar-refractivity contribution < 1.29 is 9.21 Å². The normalized spacial score (nSPS) is 11.0. The van der Waals surface area contributed by atoms with Gasteiger partial charge in [-0.15, -0.1) is 27.8 Å². The first-order chi connectivity index (χ1) is 9.81. The smallest absolute Gasteiger partial charge is 0.322 e. The van der Waals surface area contributed by atoms with E-state index >= 15 is 0 Å². The van der Waals surface area contributed by atoms with Crippen LogP contribution in [0.25, 0.3) is 16.8 Å². The monoisotopic (exact) mass is 303 g/mol. The Labute approximate surface area is 122 Å². The lowest BCUT2D eigenvalue weighted by Gasteiger charge is -1.93. The zero-order valence-electron chi connectivity index (χ0n) is 10.1. The first-order valence-electron chi connectivity index (χ1n) is 5.71. The van der Waals surface area contributed by atoms with Crippen LogP contribution in [0.4, 0.5) is 6.01 Å². The van der Waals surface area contributed by atoms with Gasteiger partial charge in [-0.2, -0.15) is 0 Å². The highest BCUT2D eigenvalue weighted by atomic mass is 32.1. The van der Waals surface area contributed by atoms with Gasteiger partial charge in [-0.1, -0.05) is 17.2 Å². The Balaban J connectivity index is 1.65. The fourth-order valence-electron chi connectivity index (χ4n) is 1.46. The summed E-state index contributed by atoms with van der Waals surface area (Å²) in [6.45, 7) is 0. The van der Waals surface area contributed by atoms with Crippen molar-refractivity contribution in [2.45, 2.75) is 0 Å². The van der Waals surface area contributed by atoms with Crippen LogP contribution in [0.15, 0.2) is 45.5 Å². The zero-order chi connectivity index (χ0) is 13.8. The van der Waals surface area contributed by atoms with Crippen LogP contribution in [0.2, 0.25) is 0 Å². The molecule has 1 amide bonds. The summed E-state index contributed by atoms with van der Waals surface area (Å²) in [5.74, 6) is 0.0947. The lowest BCUT2D eigenvalue weighted by Crippen LogP contribution is -2.07. The van der Waals surface area contributed by atoms with Crippen molar-refractivity contribution in [1.82, 2.24) is 10.2 Å². The Morgan fingerprint density at radius 2 is 2.05 bits per heavy atom. The molecule has 0 saturated heterocycles. The quantitative estimate of drug-likeness (QED) is 0.749. The molecule has 0 aromatic carbocycles. The van der Waals surface area contributed by atoms with Crippen molar-refractivity contribution in [2.75, 3.05) is 5.32 Å². The van der Waals surface area contributed by atoms with Crippen LogP contribution in [0.1, 0.15) is 4.88 Å². The number of carbonyl (C=O) groups is 1. The standard InChI is InChI=1S/C13H9N3O2S2/c17-11(6-5-9-3-1-7-19-9)14-13-16-15-12(18-13)10-4-2-8-20-10/h1-8H,(H,14,16,17). The van der Waals surface area contributed by atoms with Crippen LogP contribution >= 0.6 is 22.7 Å². The molecule has 0 bridgehead atoms. The Kier molecular flexibility index (Phi) is 3.71. The van der Waals surface area contributed by atoms with E-state index in [1.807, 2.05) is 35.0 Å². The molecule has 0 fully saturated rings. The van der Waals surface area contributed by atoms with Gasteiger partial charge in [-0.25, -0.2) is 0 Å². The molecule has 7 heteroatoms. The third kappa shape index (κ3) is 3.01. The first-order valence-corrected chi connectivity index (χ1v) is 7.47. The number of hydrogen-bond acceptors (Lipinski definition) is 6. The number of nitrogens with zero attached hydrogens (tertiary/aromatic N) is 2. The number of amides is 1. The summed E-state index contributed by atoms with van der Waals surface area (Å²) in [6, 6.07) is 7.71. The Morgan fingerprint density at radius 3 is 2.80 bits per heavy atom. The zero-order valence-corrected chi connectivity index (χ0v) is 11.8. The molecular weight excluding hydrogens is 294 g/mol. The fraction of sp³-hybridized carbons (Fsp3) is 0. The molecule has 3 aromatic heterocycles. The van der Waals surface area contributed by atoms with E-state index in [4.69, 9.17) is 4.42 Å². The topological polar surface area (TPSA) is 68.0 Å². The molecule has 0 aliphatic heterocycles. The fourth-order valence-corrected chi connectivity index (χ4v) is 2.73. The van der Waals surface area contributed by atoms with Gasteiger partial charge in [-0.3, -0.25) is 10.1 Å². The highest BCUT2D eigenvalue weighted by Crippen LogP contribution is 2.24. The van der Waals surface area contributed by atoms with Gasteiger partial charge in [0.2, 0.25) is 0 Å². The largest absolute Gasteiger partial charge is 0.402 e. The van der Waals surface area contributed by atoms with Gasteiger partial charge < -0.3 is 4.42 Å². The number of hydrogen-bond donors (Lipinski definition) is 1. The molecule has 0 unspecified atom stereocenters. The van der Waals surface area contributed by atoms with E-state index in [-0.39, 0.29) is 11.9 Å². The number of thiophene rings is 2. The van der Waals surface area contributed by atoms with Crippen LogP contribution in [0, 0.1) is 0 Å². The Hall–Kier alpha value is -2.25. The summed E-state index contributed by atoms with van der Waals surface area (Å²) < 4.78 is 5.36. The van der Waals surface area contributed by atoms with Gasteiger partial charge in [0.1, 0.15) is 0 Å². The third-order valence-electron chi connectivity index (χ3n) is 2.33. The van der Waals surface area contributed by atoms with Gasteiger partial charge in [0.05, 0.1) is 4.88 Å². The first kappa shape index (κ1) is 12.8. The number of carbonyl (C=O) groups excluding carboxylic acids is 1. The minimum Gasteiger partial charge on any atom is -0.402 e. The molecule has 20 heavy (non-hydrogen) atoms. The van der Waals surface area contributed by atoms with Crippen molar-refractivity contribution in [3.05, 3.63) is 46.0 Å². The number of aromatic nitrogens is 2. The number of anilines is 1. The summed E-state index contributed by atoms with van der Waals surface area (Å²) in [7, 11) is 0. The minimum absolute atomic E-state index is 0.0919. The van der Waals surface area contributed by atoms with Crippen molar-refractivity contribution in [3.63, 3.8) is 0 Å². The van der Waals surface area contributed by atoms with Crippen molar-refractivity contribution in [2.24, 2.45) is 0 Å². The maximum absolute atomic E-state index is 11.7. The van der Waals surface area contributed by atoms with Gasteiger partial charge in [0.25, 0.3) is 11.8 Å². The van der Waals surface area contributed by atoms with Gasteiger partial charge in [-0.05, 0) is 29.0 Å². The van der Waals surface area contributed by atoms with Gasteiger partial charge >= 0.3 is 6.01 Å². The van der Waals surface area contributed by atoms with Crippen LogP contribution in [0.5, 0.6) is 0 Å². The predicted molar refractivity (Wildman–Crippen MR) is 79.6 cm³/mol. The van der Waals surface area contributed by atoms with E-state index in [9.17, 15) is 4.79 Å². The Morgan fingerprint density at radius 1 is 1.20 bits per heavy atom. The maximum atomic E-state index is 11.7. The van der Waals surface area contributed by atoms with Gasteiger partial charge in [0.15, 0.2) is 0 Å². The molecule has 0 aliphatic carbocycles. The van der Waals surface area contributed by atoms with Crippen LogP contribution in [-0.2, 0) is 4.79 Å². The predicted octanol–water partition coefficient (Wildman–Crippen LogP) is 3.51.